The number of hydrogen-bond acceptors (Lipinski definition) is 5. The molecule has 2 N–H and O–H groups in total. The Balaban J connectivity index is 1.81. The van der Waals surface area contributed by atoms with Gasteiger partial charge < -0.3 is 15.2 Å². The summed E-state index contributed by atoms with van der Waals surface area (Å²) in [4.78, 5) is 22.1. The lowest BCUT2D eigenvalue weighted by molar-refractivity contribution is 0.0702. The first-order valence-electron chi connectivity index (χ1n) is 5.24. The summed E-state index contributed by atoms with van der Waals surface area (Å²) in [5.41, 5.74) is 5.95. The molecule has 0 aromatic carbocycles. The Hall–Kier alpha value is -1.89. The van der Waals surface area contributed by atoms with E-state index in [0.29, 0.717) is 23.9 Å². The highest BCUT2D eigenvalue weighted by Crippen LogP contribution is 2.16. The molecule has 0 unspecified atom stereocenters. The molecular weight excluding hydrogens is 238 g/mol. The van der Waals surface area contributed by atoms with Crippen LogP contribution in [0, 0.1) is 0 Å². The Kier molecular flexibility index (Phi) is 2.32. The maximum atomic E-state index is 12.1. The average molecular weight is 249 g/mol. The fraction of sp³-hybridized carbons (Fsp3) is 0.300. The zero-order valence-electron chi connectivity index (χ0n) is 9.04. The number of nitrogens with zero attached hydrogens (tertiary/aromatic N) is 4. The van der Waals surface area contributed by atoms with Gasteiger partial charge in [-0.25, -0.2) is 9.97 Å². The number of nitrogen functional groups attached to an aromatic ring is 1. The van der Waals surface area contributed by atoms with Gasteiger partial charge in [0, 0.05) is 30.9 Å². The summed E-state index contributed by atoms with van der Waals surface area (Å²) < 4.78 is 2.05. The zero-order valence-corrected chi connectivity index (χ0v) is 9.85. The van der Waals surface area contributed by atoms with Crippen LogP contribution in [0.5, 0.6) is 0 Å². The molecule has 0 fully saturated rings. The number of anilines is 1. The quantitative estimate of drug-likeness (QED) is 0.802. The van der Waals surface area contributed by atoms with Gasteiger partial charge in [-0.15, -0.1) is 11.3 Å². The van der Waals surface area contributed by atoms with Gasteiger partial charge in [0.1, 0.15) is 11.5 Å². The number of amides is 1. The minimum Gasteiger partial charge on any atom is -0.375 e. The van der Waals surface area contributed by atoms with Crippen LogP contribution in [0.2, 0.25) is 0 Å². The molecule has 1 amide bonds. The number of imidazole rings is 1. The predicted molar refractivity (Wildman–Crippen MR) is 63.5 cm³/mol. The molecule has 0 spiro atoms. The summed E-state index contributed by atoms with van der Waals surface area (Å²) in [6, 6.07) is 0. The molecule has 2 aromatic heterocycles. The second kappa shape index (κ2) is 3.85. The molecule has 17 heavy (non-hydrogen) atoms. The Bertz CT molecular complexity index is 561. The molecular formula is C10H11N5OS. The van der Waals surface area contributed by atoms with Gasteiger partial charge in [0.05, 0.1) is 6.54 Å². The smallest absolute Gasteiger partial charge is 0.273 e. The molecule has 0 bridgehead atoms. The van der Waals surface area contributed by atoms with E-state index in [4.69, 9.17) is 5.73 Å². The number of thiazole rings is 1. The number of carbonyl (C=O) groups excluding carboxylic acids is 1. The first-order valence-corrected chi connectivity index (χ1v) is 6.12. The van der Waals surface area contributed by atoms with Gasteiger partial charge in [-0.2, -0.15) is 0 Å². The lowest BCUT2D eigenvalue weighted by Gasteiger charge is -2.26. The van der Waals surface area contributed by atoms with E-state index in [1.54, 1.807) is 16.5 Å². The molecule has 2 aromatic rings. The van der Waals surface area contributed by atoms with Crippen LogP contribution in [0.15, 0.2) is 17.8 Å². The highest BCUT2D eigenvalue weighted by atomic mass is 32.1. The molecule has 6 nitrogen and oxygen atoms in total. The summed E-state index contributed by atoms with van der Waals surface area (Å²) in [6.45, 7) is 1.99. The summed E-state index contributed by atoms with van der Waals surface area (Å²) in [5.74, 6) is 0.833. The molecule has 0 aliphatic carbocycles. The van der Waals surface area contributed by atoms with Gasteiger partial charge in [0.25, 0.3) is 5.91 Å². The van der Waals surface area contributed by atoms with Crippen molar-refractivity contribution in [3.05, 3.63) is 29.3 Å². The normalized spacial score (nSPS) is 14.7. The summed E-state index contributed by atoms with van der Waals surface area (Å²) in [6.07, 6.45) is 3.68. The highest BCUT2D eigenvalue weighted by molar-refractivity contribution is 7.13. The van der Waals surface area contributed by atoms with E-state index in [1.807, 2.05) is 6.20 Å². The van der Waals surface area contributed by atoms with Gasteiger partial charge in [0.15, 0.2) is 5.13 Å². The molecule has 7 heteroatoms. The topological polar surface area (TPSA) is 77.0 Å². The van der Waals surface area contributed by atoms with E-state index in [2.05, 4.69) is 14.5 Å². The van der Waals surface area contributed by atoms with Crippen LogP contribution in [-0.4, -0.2) is 31.9 Å². The number of fused-ring (bicyclic) bond motifs is 1. The van der Waals surface area contributed by atoms with Crippen molar-refractivity contribution in [3.8, 4) is 0 Å². The SMILES string of the molecule is Nc1nc(C(=O)N2CCn3ccnc3C2)cs1. The molecule has 0 radical (unpaired) electrons. The third kappa shape index (κ3) is 1.78. The minimum absolute atomic E-state index is 0.0767. The van der Waals surface area contributed by atoms with Gasteiger partial charge >= 0.3 is 0 Å². The molecule has 88 valence electrons. The summed E-state index contributed by atoms with van der Waals surface area (Å²) in [5, 5.41) is 2.12. The van der Waals surface area contributed by atoms with Crippen molar-refractivity contribution < 1.29 is 4.79 Å². The van der Waals surface area contributed by atoms with Crippen molar-refractivity contribution in [1.29, 1.82) is 0 Å². The second-order valence-corrected chi connectivity index (χ2v) is 4.72. The second-order valence-electron chi connectivity index (χ2n) is 3.83. The number of carbonyl (C=O) groups is 1. The lowest BCUT2D eigenvalue weighted by atomic mass is 10.3. The third-order valence-corrected chi connectivity index (χ3v) is 3.45. The Labute approximate surface area is 102 Å². The number of rotatable bonds is 1. The molecule has 0 saturated carbocycles. The molecule has 0 saturated heterocycles. The lowest BCUT2D eigenvalue weighted by Crippen LogP contribution is -2.38. The van der Waals surface area contributed by atoms with Crippen molar-refractivity contribution in [3.63, 3.8) is 0 Å². The molecule has 3 rings (SSSR count). The van der Waals surface area contributed by atoms with Crippen LogP contribution in [0.3, 0.4) is 0 Å². The van der Waals surface area contributed by atoms with Gasteiger partial charge in [0.2, 0.25) is 0 Å². The third-order valence-electron chi connectivity index (χ3n) is 2.77. The maximum Gasteiger partial charge on any atom is 0.273 e. The van der Waals surface area contributed by atoms with E-state index in [9.17, 15) is 4.79 Å². The summed E-state index contributed by atoms with van der Waals surface area (Å²) >= 11 is 1.28. The fourth-order valence-corrected chi connectivity index (χ4v) is 2.43. The monoisotopic (exact) mass is 249 g/mol. The average Bonchev–Trinajstić information content (AvgIpc) is 2.95. The van der Waals surface area contributed by atoms with Gasteiger partial charge in [-0.1, -0.05) is 0 Å². The van der Waals surface area contributed by atoms with E-state index in [1.165, 1.54) is 11.3 Å². The van der Waals surface area contributed by atoms with Crippen LogP contribution in [-0.2, 0) is 13.1 Å². The first kappa shape index (κ1) is 10.3. The molecule has 3 heterocycles. The van der Waals surface area contributed by atoms with Crippen molar-refractivity contribution in [1.82, 2.24) is 19.4 Å². The number of hydrogen-bond donors (Lipinski definition) is 1. The van der Waals surface area contributed by atoms with Crippen LogP contribution < -0.4 is 5.73 Å². The molecule has 1 aliphatic heterocycles. The minimum atomic E-state index is -0.0767. The predicted octanol–water partition coefficient (Wildman–Crippen LogP) is 0.578. The van der Waals surface area contributed by atoms with Crippen molar-refractivity contribution in [2.24, 2.45) is 0 Å². The van der Waals surface area contributed by atoms with Crippen molar-refractivity contribution >= 4 is 22.4 Å². The molecule has 1 aliphatic rings. The Morgan fingerprint density at radius 3 is 3.12 bits per heavy atom. The first-order chi connectivity index (χ1) is 8.24. The fourth-order valence-electron chi connectivity index (χ4n) is 1.89. The highest BCUT2D eigenvalue weighted by Gasteiger charge is 2.23. The molecule has 0 atom stereocenters. The Morgan fingerprint density at radius 2 is 2.35 bits per heavy atom. The van der Waals surface area contributed by atoms with E-state index < -0.39 is 0 Å². The van der Waals surface area contributed by atoms with Crippen LogP contribution in [0.1, 0.15) is 16.3 Å². The summed E-state index contributed by atoms with van der Waals surface area (Å²) in [7, 11) is 0. The van der Waals surface area contributed by atoms with Crippen molar-refractivity contribution in [2.75, 3.05) is 12.3 Å². The zero-order chi connectivity index (χ0) is 11.8. The van der Waals surface area contributed by atoms with Crippen molar-refractivity contribution in [2.45, 2.75) is 13.1 Å². The maximum absolute atomic E-state index is 12.1. The number of nitrogens with two attached hydrogens (primary N) is 1. The van der Waals surface area contributed by atoms with E-state index >= 15 is 0 Å². The largest absolute Gasteiger partial charge is 0.375 e. The standard InChI is InChI=1S/C10H11N5OS/c11-10-13-7(6-17-10)9(16)15-4-3-14-2-1-12-8(14)5-15/h1-2,6H,3-5H2,(H2,11,13). The van der Waals surface area contributed by atoms with Crippen LogP contribution in [0.25, 0.3) is 0 Å². The number of aromatic nitrogens is 3. The Morgan fingerprint density at radius 1 is 1.47 bits per heavy atom. The van der Waals surface area contributed by atoms with Gasteiger partial charge in [-0.05, 0) is 0 Å². The van der Waals surface area contributed by atoms with E-state index in [-0.39, 0.29) is 5.91 Å². The van der Waals surface area contributed by atoms with E-state index in [0.717, 1.165) is 12.4 Å². The van der Waals surface area contributed by atoms with Crippen LogP contribution in [0.4, 0.5) is 5.13 Å². The van der Waals surface area contributed by atoms with Crippen LogP contribution >= 0.6 is 11.3 Å². The van der Waals surface area contributed by atoms with Gasteiger partial charge in [-0.3, -0.25) is 4.79 Å².